The zero-order valence-electron chi connectivity index (χ0n) is 14.6. The van der Waals surface area contributed by atoms with Crippen molar-refractivity contribution >= 4 is 35.5 Å². The van der Waals surface area contributed by atoms with Crippen LogP contribution >= 0.6 is 11.6 Å². The fourth-order valence-electron chi connectivity index (χ4n) is 2.45. The van der Waals surface area contributed by atoms with Crippen LogP contribution in [0.4, 0.5) is 0 Å². The second-order valence-corrected chi connectivity index (χ2v) is 6.26. The zero-order chi connectivity index (χ0) is 19.0. The van der Waals surface area contributed by atoms with Gasteiger partial charge in [-0.1, -0.05) is 13.8 Å². The molecule has 11 heteroatoms. The molecule has 0 saturated heterocycles. The third-order valence-corrected chi connectivity index (χ3v) is 4.26. The SMILES string of the molecule is CCC(Cl)CC(CC(C(=O)O)C(C(=O)O)C(C)C(=O)O)OC(C)=O.O.[Ru]. The van der Waals surface area contributed by atoms with Crippen molar-refractivity contribution in [2.75, 3.05) is 0 Å². The van der Waals surface area contributed by atoms with Crippen LogP contribution in [0.15, 0.2) is 0 Å². The molecule has 0 rings (SSSR count). The molecule has 5 atom stereocenters. The van der Waals surface area contributed by atoms with Gasteiger partial charge in [0, 0.05) is 38.2 Å². The molecular weight excluding hydrogens is 461 g/mol. The number of rotatable bonds is 11. The molecule has 0 saturated carbocycles. The van der Waals surface area contributed by atoms with Crippen molar-refractivity contribution in [1.29, 1.82) is 0 Å². The maximum absolute atomic E-state index is 11.5. The van der Waals surface area contributed by atoms with Gasteiger partial charge in [0.1, 0.15) is 6.10 Å². The van der Waals surface area contributed by atoms with Gasteiger partial charge in [-0.25, -0.2) is 0 Å². The van der Waals surface area contributed by atoms with E-state index in [1.54, 1.807) is 6.92 Å². The van der Waals surface area contributed by atoms with Crippen LogP contribution in [-0.2, 0) is 43.4 Å². The number of ether oxygens (including phenoxy) is 1. The largest absolute Gasteiger partial charge is 0.481 e. The Kier molecular flexibility index (Phi) is 15.8. The van der Waals surface area contributed by atoms with Crippen molar-refractivity contribution in [3.8, 4) is 0 Å². The molecule has 0 aliphatic heterocycles. The summed E-state index contributed by atoms with van der Waals surface area (Å²) >= 11 is 6.01. The van der Waals surface area contributed by atoms with Crippen molar-refractivity contribution in [2.45, 2.75) is 51.5 Å². The molecule has 0 aromatic heterocycles. The number of carboxylic acids is 3. The molecule has 0 aromatic rings. The maximum atomic E-state index is 11.5. The van der Waals surface area contributed by atoms with E-state index >= 15 is 0 Å². The van der Waals surface area contributed by atoms with Crippen LogP contribution in [0.3, 0.4) is 0 Å². The normalized spacial score (nSPS) is 15.8. The van der Waals surface area contributed by atoms with Crippen LogP contribution in [0.5, 0.6) is 0 Å². The molecule has 5 N–H and O–H groups in total. The molecule has 154 valence electrons. The van der Waals surface area contributed by atoms with E-state index in [4.69, 9.17) is 21.4 Å². The summed E-state index contributed by atoms with van der Waals surface area (Å²) in [5, 5.41) is 27.3. The summed E-state index contributed by atoms with van der Waals surface area (Å²) in [6.07, 6.45) is -0.541. The minimum absolute atomic E-state index is 0. The molecule has 0 aliphatic rings. The second-order valence-electron chi connectivity index (χ2n) is 5.64. The van der Waals surface area contributed by atoms with Crippen molar-refractivity contribution in [3.05, 3.63) is 0 Å². The van der Waals surface area contributed by atoms with Gasteiger partial charge in [0.25, 0.3) is 0 Å². The molecule has 0 aliphatic carbocycles. The molecule has 26 heavy (non-hydrogen) atoms. The van der Waals surface area contributed by atoms with Crippen molar-refractivity contribution in [2.24, 2.45) is 17.8 Å². The number of esters is 1. The predicted octanol–water partition coefficient (Wildman–Crippen LogP) is 1.01. The van der Waals surface area contributed by atoms with Gasteiger partial charge >= 0.3 is 23.9 Å². The third-order valence-electron chi connectivity index (χ3n) is 3.78. The summed E-state index contributed by atoms with van der Waals surface area (Å²) in [6, 6.07) is 0. The van der Waals surface area contributed by atoms with Crippen molar-refractivity contribution in [3.63, 3.8) is 0 Å². The Bertz CT molecular complexity index is 486. The van der Waals surface area contributed by atoms with E-state index in [0.717, 1.165) is 13.8 Å². The topological polar surface area (TPSA) is 170 Å². The van der Waals surface area contributed by atoms with E-state index in [0.29, 0.717) is 6.42 Å². The van der Waals surface area contributed by atoms with Gasteiger partial charge in [-0.2, -0.15) is 0 Å². The smallest absolute Gasteiger partial charge is 0.308 e. The van der Waals surface area contributed by atoms with Crippen LogP contribution in [0.2, 0.25) is 0 Å². The molecule has 9 nitrogen and oxygen atoms in total. The molecule has 0 amide bonds. The number of carboxylic acid groups (broad SMARTS) is 3. The van der Waals surface area contributed by atoms with Crippen molar-refractivity contribution < 1.29 is 64.2 Å². The zero-order valence-corrected chi connectivity index (χ0v) is 17.1. The van der Waals surface area contributed by atoms with Gasteiger partial charge < -0.3 is 25.5 Å². The number of carbonyl (C=O) groups is 4. The number of aliphatic carboxylic acids is 3. The quantitative estimate of drug-likeness (QED) is 0.221. The first-order valence-corrected chi connectivity index (χ1v) is 7.94. The summed E-state index contributed by atoms with van der Waals surface area (Å²) in [7, 11) is 0. The molecule has 0 bridgehead atoms. The van der Waals surface area contributed by atoms with Crippen LogP contribution in [0.25, 0.3) is 0 Å². The molecule has 0 fully saturated rings. The van der Waals surface area contributed by atoms with E-state index in [-0.39, 0.29) is 43.2 Å². The maximum Gasteiger partial charge on any atom is 0.308 e. The predicted molar refractivity (Wildman–Crippen MR) is 87.4 cm³/mol. The first-order valence-electron chi connectivity index (χ1n) is 7.50. The summed E-state index contributed by atoms with van der Waals surface area (Å²) in [4.78, 5) is 45.2. The minimum Gasteiger partial charge on any atom is -0.481 e. The molecule has 0 aromatic carbocycles. The van der Waals surface area contributed by atoms with Gasteiger partial charge in [0.2, 0.25) is 0 Å². The van der Waals surface area contributed by atoms with Crippen LogP contribution in [0, 0.1) is 17.8 Å². The average Bonchev–Trinajstić information content (AvgIpc) is 2.44. The Labute approximate surface area is 169 Å². The average molecular weight is 486 g/mol. The van der Waals surface area contributed by atoms with Gasteiger partial charge in [0.15, 0.2) is 0 Å². The molecule has 5 unspecified atom stereocenters. The van der Waals surface area contributed by atoms with Gasteiger partial charge in [-0.3, -0.25) is 19.2 Å². The van der Waals surface area contributed by atoms with Crippen LogP contribution in [0.1, 0.15) is 40.0 Å². The Morgan fingerprint density at radius 3 is 1.81 bits per heavy atom. The first kappa shape index (κ1) is 29.5. The number of alkyl halides is 1. The standard InChI is InChI=1S/C15H23ClO8.H2O.Ru/c1-4-9(16)5-10(24-8(3)17)6-11(14(20)21)12(15(22)23)7(2)13(18)19;;/h7,9-12H,4-6H2,1-3H3,(H,18,19)(H,20,21)(H,22,23);1H2;. The fraction of sp³-hybridized carbons (Fsp3) is 0.733. The van der Waals surface area contributed by atoms with Gasteiger partial charge in [0.05, 0.1) is 17.8 Å². The third kappa shape index (κ3) is 10.0. The van der Waals surface area contributed by atoms with Crippen LogP contribution in [-0.4, -0.2) is 56.2 Å². The van der Waals surface area contributed by atoms with E-state index in [9.17, 15) is 29.4 Å². The van der Waals surface area contributed by atoms with Gasteiger partial charge in [-0.15, -0.1) is 11.6 Å². The summed E-state index contributed by atoms with van der Waals surface area (Å²) in [6.45, 7) is 4.07. The fourth-order valence-corrected chi connectivity index (χ4v) is 2.65. The number of halogens is 1. The Morgan fingerprint density at radius 2 is 1.50 bits per heavy atom. The number of hydrogen-bond acceptors (Lipinski definition) is 5. The minimum atomic E-state index is -1.66. The monoisotopic (exact) mass is 486 g/mol. The first-order chi connectivity index (χ1) is 11.0. The Morgan fingerprint density at radius 1 is 1.00 bits per heavy atom. The molecule has 0 radical (unpaired) electrons. The molecule has 0 heterocycles. The van der Waals surface area contributed by atoms with E-state index in [1.165, 1.54) is 0 Å². The summed E-state index contributed by atoms with van der Waals surface area (Å²) in [5.74, 6) is -9.66. The van der Waals surface area contributed by atoms with Gasteiger partial charge in [-0.05, 0) is 12.8 Å². The van der Waals surface area contributed by atoms with Crippen LogP contribution < -0.4 is 0 Å². The Hall–Kier alpha value is -1.25. The summed E-state index contributed by atoms with van der Waals surface area (Å²) < 4.78 is 5.05. The number of hydrogen-bond donors (Lipinski definition) is 3. The Balaban J connectivity index is -0.00000264. The van der Waals surface area contributed by atoms with Crippen molar-refractivity contribution in [1.82, 2.24) is 0 Å². The van der Waals surface area contributed by atoms with E-state index < -0.39 is 47.7 Å². The molecule has 0 spiro atoms. The second kappa shape index (κ2) is 13.9. The number of carbonyl (C=O) groups excluding carboxylic acids is 1. The summed E-state index contributed by atoms with van der Waals surface area (Å²) in [5.41, 5.74) is 0. The molecular formula is C15H25ClO9Ru. The van der Waals surface area contributed by atoms with E-state index in [2.05, 4.69) is 0 Å². The van der Waals surface area contributed by atoms with E-state index in [1.807, 2.05) is 0 Å².